The Labute approximate surface area is 123 Å². The Balaban J connectivity index is 1.64. The summed E-state index contributed by atoms with van der Waals surface area (Å²) in [6, 6.07) is 5.02. The molecule has 0 radical (unpaired) electrons. The third-order valence-electron chi connectivity index (χ3n) is 4.34. The highest BCUT2D eigenvalue weighted by atomic mass is 16.3. The second-order valence-electron chi connectivity index (χ2n) is 5.88. The van der Waals surface area contributed by atoms with E-state index in [-0.39, 0.29) is 6.04 Å². The monoisotopic (exact) mass is 279 g/mol. The molecule has 4 nitrogen and oxygen atoms in total. The number of hydrogen-bond donors (Lipinski definition) is 1. The summed E-state index contributed by atoms with van der Waals surface area (Å²) in [4.78, 5) is 5.05. The van der Waals surface area contributed by atoms with Gasteiger partial charge in [0.2, 0.25) is 0 Å². The minimum absolute atomic E-state index is 0.289. The first-order valence-electron chi connectivity index (χ1n) is 7.90. The topological polar surface area (TPSA) is 31.6 Å². The molecule has 1 aliphatic rings. The second-order valence-corrected chi connectivity index (χ2v) is 5.88. The van der Waals surface area contributed by atoms with Crippen LogP contribution in [0.5, 0.6) is 0 Å². The highest BCUT2D eigenvalue weighted by molar-refractivity contribution is 5.02. The number of hydrogen-bond acceptors (Lipinski definition) is 4. The summed E-state index contributed by atoms with van der Waals surface area (Å²) >= 11 is 0. The Kier molecular flexibility index (Phi) is 6.07. The molecule has 1 fully saturated rings. The van der Waals surface area contributed by atoms with E-state index in [9.17, 15) is 0 Å². The molecular weight excluding hydrogens is 250 g/mol. The molecule has 0 aliphatic carbocycles. The number of likely N-dealkylation sites (tertiary alicyclic amines) is 1. The summed E-state index contributed by atoms with van der Waals surface area (Å²) < 4.78 is 5.41. The quantitative estimate of drug-likeness (QED) is 0.791. The molecule has 2 heterocycles. The van der Waals surface area contributed by atoms with Gasteiger partial charge < -0.3 is 14.6 Å². The standard InChI is InChI=1S/C16H29N3O/c1-4-19-10-5-7-15(19)13-18(3)11-9-17-14(2)16-8-6-12-20-16/h6,8,12,14-15,17H,4-5,7,9-11,13H2,1-3H3. The molecular formula is C16H29N3O. The van der Waals surface area contributed by atoms with E-state index in [1.165, 1.54) is 32.5 Å². The van der Waals surface area contributed by atoms with E-state index in [1.807, 2.05) is 12.1 Å². The van der Waals surface area contributed by atoms with E-state index in [1.54, 1.807) is 6.26 Å². The van der Waals surface area contributed by atoms with Gasteiger partial charge in [0, 0.05) is 25.7 Å². The molecule has 0 saturated carbocycles. The summed E-state index contributed by atoms with van der Waals surface area (Å²) in [7, 11) is 2.23. The van der Waals surface area contributed by atoms with Crippen molar-refractivity contribution in [3.63, 3.8) is 0 Å². The SMILES string of the molecule is CCN1CCCC1CN(C)CCNC(C)c1ccco1. The van der Waals surface area contributed by atoms with Crippen molar-refractivity contribution in [3.8, 4) is 0 Å². The summed E-state index contributed by atoms with van der Waals surface area (Å²) in [5.74, 6) is 1.01. The van der Waals surface area contributed by atoms with Crippen molar-refractivity contribution in [1.29, 1.82) is 0 Å². The third-order valence-corrected chi connectivity index (χ3v) is 4.34. The molecule has 0 aromatic carbocycles. The van der Waals surface area contributed by atoms with Crippen molar-refractivity contribution in [3.05, 3.63) is 24.2 Å². The van der Waals surface area contributed by atoms with E-state index < -0.39 is 0 Å². The Morgan fingerprint density at radius 3 is 3.10 bits per heavy atom. The lowest BCUT2D eigenvalue weighted by Crippen LogP contribution is -2.41. The zero-order valence-corrected chi connectivity index (χ0v) is 13.1. The Morgan fingerprint density at radius 1 is 1.55 bits per heavy atom. The molecule has 0 spiro atoms. The van der Waals surface area contributed by atoms with E-state index in [4.69, 9.17) is 4.42 Å². The zero-order chi connectivity index (χ0) is 14.4. The molecule has 2 rings (SSSR count). The molecule has 1 saturated heterocycles. The first-order chi connectivity index (χ1) is 9.70. The highest BCUT2D eigenvalue weighted by Gasteiger charge is 2.23. The molecule has 4 heteroatoms. The minimum atomic E-state index is 0.289. The molecule has 1 aliphatic heterocycles. The lowest BCUT2D eigenvalue weighted by Gasteiger charge is -2.28. The van der Waals surface area contributed by atoms with Crippen LogP contribution in [0, 0.1) is 0 Å². The van der Waals surface area contributed by atoms with Gasteiger partial charge >= 0.3 is 0 Å². The van der Waals surface area contributed by atoms with Crippen LogP contribution in [0.1, 0.15) is 38.5 Å². The first kappa shape index (κ1) is 15.5. The van der Waals surface area contributed by atoms with Gasteiger partial charge in [-0.25, -0.2) is 0 Å². The molecule has 114 valence electrons. The van der Waals surface area contributed by atoms with Crippen molar-refractivity contribution in [1.82, 2.24) is 15.1 Å². The average molecular weight is 279 g/mol. The van der Waals surface area contributed by atoms with E-state index in [2.05, 4.69) is 36.0 Å². The smallest absolute Gasteiger partial charge is 0.120 e. The van der Waals surface area contributed by atoms with Crippen LogP contribution in [0.2, 0.25) is 0 Å². The number of rotatable bonds is 8. The molecule has 20 heavy (non-hydrogen) atoms. The van der Waals surface area contributed by atoms with Crippen LogP contribution >= 0.6 is 0 Å². The largest absolute Gasteiger partial charge is 0.468 e. The fraction of sp³-hybridized carbons (Fsp3) is 0.750. The molecule has 2 unspecified atom stereocenters. The van der Waals surface area contributed by atoms with Gasteiger partial charge in [-0.3, -0.25) is 4.90 Å². The van der Waals surface area contributed by atoms with Crippen LogP contribution in [0.4, 0.5) is 0 Å². The van der Waals surface area contributed by atoms with Gasteiger partial charge in [0.15, 0.2) is 0 Å². The number of furan rings is 1. The molecule has 0 amide bonds. The van der Waals surface area contributed by atoms with E-state index in [0.29, 0.717) is 0 Å². The minimum Gasteiger partial charge on any atom is -0.468 e. The highest BCUT2D eigenvalue weighted by Crippen LogP contribution is 2.17. The van der Waals surface area contributed by atoms with Crippen LogP contribution in [0.25, 0.3) is 0 Å². The van der Waals surface area contributed by atoms with Gasteiger partial charge in [0.1, 0.15) is 5.76 Å². The first-order valence-corrected chi connectivity index (χ1v) is 7.90. The van der Waals surface area contributed by atoms with Gasteiger partial charge in [-0.2, -0.15) is 0 Å². The van der Waals surface area contributed by atoms with Crippen LogP contribution in [-0.4, -0.2) is 55.6 Å². The second kappa shape index (κ2) is 7.81. The van der Waals surface area contributed by atoms with Crippen LogP contribution in [0.3, 0.4) is 0 Å². The Bertz CT molecular complexity index is 366. The van der Waals surface area contributed by atoms with E-state index in [0.717, 1.165) is 24.9 Å². The maximum absolute atomic E-state index is 5.41. The summed E-state index contributed by atoms with van der Waals surface area (Å²) in [6.07, 6.45) is 4.45. The third kappa shape index (κ3) is 4.33. The van der Waals surface area contributed by atoms with Gasteiger partial charge in [0.05, 0.1) is 12.3 Å². The lowest BCUT2D eigenvalue weighted by atomic mass is 10.2. The number of nitrogens with one attached hydrogen (secondary N) is 1. The molecule has 1 aromatic heterocycles. The molecule has 1 aromatic rings. The Hall–Kier alpha value is -0.840. The van der Waals surface area contributed by atoms with Crippen LogP contribution in [-0.2, 0) is 0 Å². The predicted octanol–water partition coefficient (Wildman–Crippen LogP) is 2.35. The molecule has 0 bridgehead atoms. The predicted molar refractivity (Wildman–Crippen MR) is 82.9 cm³/mol. The molecule has 1 N–H and O–H groups in total. The van der Waals surface area contributed by atoms with Crippen molar-refractivity contribution in [2.45, 2.75) is 38.8 Å². The van der Waals surface area contributed by atoms with Crippen molar-refractivity contribution in [2.75, 3.05) is 39.8 Å². The van der Waals surface area contributed by atoms with Crippen molar-refractivity contribution < 1.29 is 4.42 Å². The van der Waals surface area contributed by atoms with Gasteiger partial charge in [0.25, 0.3) is 0 Å². The number of nitrogens with zero attached hydrogens (tertiary/aromatic N) is 2. The van der Waals surface area contributed by atoms with E-state index >= 15 is 0 Å². The molecule has 2 atom stereocenters. The van der Waals surface area contributed by atoms with Crippen LogP contribution < -0.4 is 5.32 Å². The fourth-order valence-corrected chi connectivity index (χ4v) is 3.08. The fourth-order valence-electron chi connectivity index (χ4n) is 3.08. The van der Waals surface area contributed by atoms with Gasteiger partial charge in [-0.15, -0.1) is 0 Å². The van der Waals surface area contributed by atoms with Crippen molar-refractivity contribution >= 4 is 0 Å². The van der Waals surface area contributed by atoms with Crippen molar-refractivity contribution in [2.24, 2.45) is 0 Å². The summed E-state index contributed by atoms with van der Waals surface area (Å²) in [5, 5.41) is 3.52. The maximum atomic E-state index is 5.41. The van der Waals surface area contributed by atoms with Crippen LogP contribution in [0.15, 0.2) is 22.8 Å². The van der Waals surface area contributed by atoms with Gasteiger partial charge in [-0.1, -0.05) is 6.92 Å². The summed E-state index contributed by atoms with van der Waals surface area (Å²) in [6.45, 7) is 10.1. The normalized spacial score (nSPS) is 21.7. The average Bonchev–Trinajstić information content (AvgIpc) is 3.09. The van der Waals surface area contributed by atoms with Gasteiger partial charge in [-0.05, 0) is 52.0 Å². The lowest BCUT2D eigenvalue weighted by molar-refractivity contribution is 0.197. The zero-order valence-electron chi connectivity index (χ0n) is 13.1. The Morgan fingerprint density at radius 2 is 2.40 bits per heavy atom. The number of likely N-dealkylation sites (N-methyl/N-ethyl adjacent to an activating group) is 2. The maximum Gasteiger partial charge on any atom is 0.120 e. The summed E-state index contributed by atoms with van der Waals surface area (Å²) in [5.41, 5.74) is 0.